The molecule has 0 saturated carbocycles. The van der Waals surface area contributed by atoms with Crippen LogP contribution in [0, 0.1) is 0 Å². The number of nitrogens with one attached hydrogen (secondary N) is 1. The molecule has 1 rings (SSSR count). The zero-order valence-electron chi connectivity index (χ0n) is 9.53. The van der Waals surface area contributed by atoms with Gasteiger partial charge in [-0.2, -0.15) is 0 Å². The van der Waals surface area contributed by atoms with E-state index in [0.717, 1.165) is 11.4 Å². The van der Waals surface area contributed by atoms with Gasteiger partial charge in [0.15, 0.2) is 0 Å². The van der Waals surface area contributed by atoms with Crippen LogP contribution in [0.1, 0.15) is 19.8 Å². The van der Waals surface area contributed by atoms with Crippen LogP contribution in [0.15, 0.2) is 24.3 Å². The fourth-order valence-corrected chi connectivity index (χ4v) is 1.29. The summed E-state index contributed by atoms with van der Waals surface area (Å²) in [6, 6.07) is 7.32. The fraction of sp³-hybridized carbons (Fsp3) is 0.417. The number of benzene rings is 1. The van der Waals surface area contributed by atoms with Crippen LogP contribution in [0.5, 0.6) is 5.75 Å². The molecular formula is C12H18N2O2. The molecule has 1 aromatic carbocycles. The third kappa shape index (κ3) is 4.31. The monoisotopic (exact) mass is 222 g/mol. The summed E-state index contributed by atoms with van der Waals surface area (Å²) in [6.45, 7) is 3.11. The summed E-state index contributed by atoms with van der Waals surface area (Å²) in [6.07, 6.45) is 1.17. The van der Waals surface area contributed by atoms with Gasteiger partial charge in [0.05, 0.1) is 6.61 Å². The lowest BCUT2D eigenvalue weighted by atomic mass is 10.2. The lowest BCUT2D eigenvalue weighted by Crippen LogP contribution is -2.13. The highest BCUT2D eigenvalue weighted by molar-refractivity contribution is 5.90. The van der Waals surface area contributed by atoms with Crippen molar-refractivity contribution < 1.29 is 9.53 Å². The van der Waals surface area contributed by atoms with Gasteiger partial charge < -0.3 is 15.8 Å². The van der Waals surface area contributed by atoms with Crippen molar-refractivity contribution in [3.05, 3.63) is 24.3 Å². The maximum absolute atomic E-state index is 11.4. The minimum atomic E-state index is -0.00499. The standard InChI is InChI=1S/C12H18N2O2/c1-2-16-11-7-5-10(6-8-11)14-12(15)4-3-9-13/h5-8H,2-4,9,13H2,1H3,(H,14,15). The SMILES string of the molecule is CCOc1ccc(NC(=O)CCCN)cc1. The number of ether oxygens (including phenoxy) is 1. The highest BCUT2D eigenvalue weighted by atomic mass is 16.5. The largest absolute Gasteiger partial charge is 0.494 e. The van der Waals surface area contributed by atoms with E-state index in [9.17, 15) is 4.79 Å². The molecule has 0 spiro atoms. The smallest absolute Gasteiger partial charge is 0.224 e. The van der Waals surface area contributed by atoms with Crippen molar-refractivity contribution in [3.8, 4) is 5.75 Å². The average molecular weight is 222 g/mol. The van der Waals surface area contributed by atoms with Crippen LogP contribution in [-0.4, -0.2) is 19.1 Å². The van der Waals surface area contributed by atoms with E-state index in [4.69, 9.17) is 10.5 Å². The summed E-state index contributed by atoms with van der Waals surface area (Å²) >= 11 is 0. The molecule has 3 N–H and O–H groups in total. The minimum Gasteiger partial charge on any atom is -0.494 e. The zero-order chi connectivity index (χ0) is 11.8. The first-order valence-corrected chi connectivity index (χ1v) is 5.49. The maximum atomic E-state index is 11.4. The molecule has 0 atom stereocenters. The van der Waals surface area contributed by atoms with Gasteiger partial charge >= 0.3 is 0 Å². The first kappa shape index (κ1) is 12.5. The molecule has 0 aliphatic rings. The summed E-state index contributed by atoms with van der Waals surface area (Å²) in [5, 5.41) is 2.80. The number of rotatable bonds is 6. The Hall–Kier alpha value is -1.55. The quantitative estimate of drug-likeness (QED) is 0.771. The molecule has 1 amide bonds. The Bertz CT molecular complexity index is 322. The van der Waals surface area contributed by atoms with E-state index in [1.165, 1.54) is 0 Å². The molecule has 0 radical (unpaired) electrons. The predicted molar refractivity (Wildman–Crippen MR) is 64.5 cm³/mol. The normalized spacial score (nSPS) is 9.88. The second-order valence-electron chi connectivity index (χ2n) is 3.40. The second kappa shape index (κ2) is 6.85. The van der Waals surface area contributed by atoms with Gasteiger partial charge in [0, 0.05) is 12.1 Å². The molecule has 0 saturated heterocycles. The summed E-state index contributed by atoms with van der Waals surface area (Å²) in [4.78, 5) is 11.4. The van der Waals surface area contributed by atoms with Crippen LogP contribution < -0.4 is 15.8 Å². The first-order chi connectivity index (χ1) is 7.76. The van der Waals surface area contributed by atoms with Gasteiger partial charge in [-0.3, -0.25) is 4.79 Å². The average Bonchev–Trinajstić information content (AvgIpc) is 2.29. The number of amides is 1. The van der Waals surface area contributed by atoms with Gasteiger partial charge in [0.2, 0.25) is 5.91 Å². The molecule has 0 aliphatic carbocycles. The number of hydrogen-bond donors (Lipinski definition) is 2. The van der Waals surface area contributed by atoms with Crippen LogP contribution in [0.2, 0.25) is 0 Å². The van der Waals surface area contributed by atoms with Crippen LogP contribution in [0.4, 0.5) is 5.69 Å². The van der Waals surface area contributed by atoms with Crippen molar-refractivity contribution >= 4 is 11.6 Å². The molecule has 0 heterocycles. The van der Waals surface area contributed by atoms with E-state index >= 15 is 0 Å². The molecular weight excluding hydrogens is 204 g/mol. The highest BCUT2D eigenvalue weighted by Crippen LogP contribution is 2.15. The van der Waals surface area contributed by atoms with Crippen LogP contribution in [0.3, 0.4) is 0 Å². The Morgan fingerprint density at radius 2 is 2.06 bits per heavy atom. The maximum Gasteiger partial charge on any atom is 0.224 e. The van der Waals surface area contributed by atoms with E-state index < -0.39 is 0 Å². The molecule has 0 unspecified atom stereocenters. The van der Waals surface area contributed by atoms with E-state index in [-0.39, 0.29) is 5.91 Å². The van der Waals surface area contributed by atoms with Crippen molar-refractivity contribution in [2.45, 2.75) is 19.8 Å². The third-order valence-corrected chi connectivity index (χ3v) is 2.06. The molecule has 4 heteroatoms. The van der Waals surface area contributed by atoms with E-state index in [1.54, 1.807) is 0 Å². The van der Waals surface area contributed by atoms with Crippen molar-refractivity contribution in [1.82, 2.24) is 0 Å². The van der Waals surface area contributed by atoms with E-state index in [1.807, 2.05) is 31.2 Å². The van der Waals surface area contributed by atoms with Gasteiger partial charge in [0.1, 0.15) is 5.75 Å². The van der Waals surface area contributed by atoms with Gasteiger partial charge in [-0.15, -0.1) is 0 Å². The van der Waals surface area contributed by atoms with Crippen molar-refractivity contribution in [2.75, 3.05) is 18.5 Å². The molecule has 0 bridgehead atoms. The van der Waals surface area contributed by atoms with E-state index in [2.05, 4.69) is 5.32 Å². The molecule has 1 aromatic rings. The molecule has 4 nitrogen and oxygen atoms in total. The van der Waals surface area contributed by atoms with Crippen LogP contribution in [-0.2, 0) is 4.79 Å². The second-order valence-corrected chi connectivity index (χ2v) is 3.40. The van der Waals surface area contributed by atoms with Crippen LogP contribution in [0.25, 0.3) is 0 Å². The number of carbonyl (C=O) groups is 1. The fourth-order valence-electron chi connectivity index (χ4n) is 1.29. The predicted octanol–water partition coefficient (Wildman–Crippen LogP) is 1.76. The number of anilines is 1. The molecule has 0 fully saturated rings. The van der Waals surface area contributed by atoms with Crippen molar-refractivity contribution in [3.63, 3.8) is 0 Å². The highest BCUT2D eigenvalue weighted by Gasteiger charge is 2.01. The lowest BCUT2D eigenvalue weighted by Gasteiger charge is -2.06. The van der Waals surface area contributed by atoms with E-state index in [0.29, 0.717) is 26.0 Å². The van der Waals surface area contributed by atoms with Gasteiger partial charge in [-0.25, -0.2) is 0 Å². The van der Waals surface area contributed by atoms with Gasteiger partial charge in [-0.05, 0) is 44.2 Å². The summed E-state index contributed by atoms with van der Waals surface area (Å²) in [5.41, 5.74) is 6.11. The van der Waals surface area contributed by atoms with Crippen LogP contribution >= 0.6 is 0 Å². The summed E-state index contributed by atoms with van der Waals surface area (Å²) < 4.78 is 5.30. The Balaban J connectivity index is 2.45. The third-order valence-electron chi connectivity index (χ3n) is 2.06. The van der Waals surface area contributed by atoms with Crippen molar-refractivity contribution in [2.24, 2.45) is 5.73 Å². The molecule has 0 aromatic heterocycles. The Morgan fingerprint density at radius 3 is 2.62 bits per heavy atom. The van der Waals surface area contributed by atoms with Crippen molar-refractivity contribution in [1.29, 1.82) is 0 Å². The van der Waals surface area contributed by atoms with Gasteiger partial charge in [-0.1, -0.05) is 0 Å². The minimum absolute atomic E-state index is 0.00499. The molecule has 16 heavy (non-hydrogen) atoms. The van der Waals surface area contributed by atoms with Gasteiger partial charge in [0.25, 0.3) is 0 Å². The Labute approximate surface area is 95.8 Å². The first-order valence-electron chi connectivity index (χ1n) is 5.49. The lowest BCUT2D eigenvalue weighted by molar-refractivity contribution is -0.116. The number of carbonyl (C=O) groups excluding carboxylic acids is 1. The summed E-state index contributed by atoms with van der Waals surface area (Å²) in [5.74, 6) is 0.803. The Morgan fingerprint density at radius 1 is 1.38 bits per heavy atom. The number of nitrogens with two attached hydrogens (primary N) is 1. The zero-order valence-corrected chi connectivity index (χ0v) is 9.53. The number of hydrogen-bond acceptors (Lipinski definition) is 3. The molecule has 0 aliphatic heterocycles. The Kier molecular flexibility index (Phi) is 5.36. The topological polar surface area (TPSA) is 64.3 Å². The summed E-state index contributed by atoms with van der Waals surface area (Å²) in [7, 11) is 0. The molecule has 88 valence electrons.